The first-order valence-electron chi connectivity index (χ1n) is 8.68. The molecule has 0 aliphatic heterocycles. The minimum absolute atomic E-state index is 0.138. The van der Waals surface area contributed by atoms with Crippen molar-refractivity contribution in [2.75, 3.05) is 0 Å². The first kappa shape index (κ1) is 20.7. The normalized spacial score (nSPS) is 12.0. The van der Waals surface area contributed by atoms with E-state index in [1.54, 1.807) is 12.1 Å². The highest BCUT2D eigenvalue weighted by molar-refractivity contribution is 7.98. The van der Waals surface area contributed by atoms with Crippen molar-refractivity contribution >= 4 is 40.9 Å². The summed E-state index contributed by atoms with van der Waals surface area (Å²) >= 11 is 13.7. The molecule has 0 aliphatic carbocycles. The summed E-state index contributed by atoms with van der Waals surface area (Å²) in [4.78, 5) is 12.5. The van der Waals surface area contributed by atoms with Gasteiger partial charge in [0.15, 0.2) is 11.0 Å². The van der Waals surface area contributed by atoms with E-state index in [-0.39, 0.29) is 11.9 Å². The highest BCUT2D eigenvalue weighted by Crippen LogP contribution is 2.28. The van der Waals surface area contributed by atoms with E-state index in [9.17, 15) is 4.79 Å². The third kappa shape index (κ3) is 4.87. The summed E-state index contributed by atoms with van der Waals surface area (Å²) in [5.41, 5.74) is 2.64. The summed E-state index contributed by atoms with van der Waals surface area (Å²) in [5, 5.41) is 13.5. The Balaban J connectivity index is 1.67. The van der Waals surface area contributed by atoms with Crippen LogP contribution in [0, 0.1) is 6.92 Å². The van der Waals surface area contributed by atoms with Crippen LogP contribution >= 0.6 is 35.0 Å². The molecule has 3 aromatic rings. The Morgan fingerprint density at radius 3 is 2.71 bits per heavy atom. The number of benzene rings is 2. The van der Waals surface area contributed by atoms with Crippen molar-refractivity contribution in [3.05, 3.63) is 75.0 Å². The first-order valence-corrected chi connectivity index (χ1v) is 10.4. The number of carbonyl (C=O) groups is 1. The summed E-state index contributed by atoms with van der Waals surface area (Å²) in [6, 6.07) is 12.6. The number of hydrogen-bond donors (Lipinski definition) is 1. The van der Waals surface area contributed by atoms with Crippen molar-refractivity contribution in [3.8, 4) is 0 Å². The highest BCUT2D eigenvalue weighted by atomic mass is 35.5. The maximum Gasteiger partial charge on any atom is 0.251 e. The Kier molecular flexibility index (Phi) is 6.65. The predicted octanol–water partition coefficient (Wildman–Crippen LogP) is 5.21. The van der Waals surface area contributed by atoms with Crippen molar-refractivity contribution in [2.24, 2.45) is 7.05 Å². The SMILES string of the molecule is Cc1cccc(C(=O)N[C@H](C)c2nnc(SCc3ccc(Cl)cc3Cl)n2C)c1. The Morgan fingerprint density at radius 2 is 2.00 bits per heavy atom. The van der Waals surface area contributed by atoms with E-state index in [4.69, 9.17) is 23.2 Å². The number of amides is 1. The van der Waals surface area contributed by atoms with Crippen molar-refractivity contribution < 1.29 is 4.79 Å². The summed E-state index contributed by atoms with van der Waals surface area (Å²) in [7, 11) is 1.89. The van der Waals surface area contributed by atoms with Gasteiger partial charge in [-0.15, -0.1) is 10.2 Å². The topological polar surface area (TPSA) is 59.8 Å². The third-order valence-corrected chi connectivity index (χ3v) is 5.91. The van der Waals surface area contributed by atoms with E-state index in [0.29, 0.717) is 27.2 Å². The minimum atomic E-state index is -0.279. The van der Waals surface area contributed by atoms with Crippen molar-refractivity contribution in [3.63, 3.8) is 0 Å². The number of hydrogen-bond acceptors (Lipinski definition) is 4. The fourth-order valence-electron chi connectivity index (χ4n) is 2.74. The van der Waals surface area contributed by atoms with Gasteiger partial charge in [-0.1, -0.05) is 58.7 Å². The molecule has 1 aromatic heterocycles. The average molecular weight is 435 g/mol. The second-order valence-corrected chi connectivity index (χ2v) is 8.27. The fourth-order valence-corrected chi connectivity index (χ4v) is 4.22. The number of carbonyl (C=O) groups excluding carboxylic acids is 1. The molecule has 1 N–H and O–H groups in total. The van der Waals surface area contributed by atoms with E-state index in [2.05, 4.69) is 15.5 Å². The molecule has 0 saturated heterocycles. The van der Waals surface area contributed by atoms with Gasteiger partial charge in [-0.05, 0) is 43.7 Å². The number of rotatable bonds is 6. The zero-order chi connectivity index (χ0) is 20.3. The van der Waals surface area contributed by atoms with Crippen LogP contribution in [0.5, 0.6) is 0 Å². The van der Waals surface area contributed by atoms with E-state index >= 15 is 0 Å². The van der Waals surface area contributed by atoms with Gasteiger partial charge < -0.3 is 9.88 Å². The number of thioether (sulfide) groups is 1. The second-order valence-electron chi connectivity index (χ2n) is 6.49. The van der Waals surface area contributed by atoms with Crippen molar-refractivity contribution in [1.82, 2.24) is 20.1 Å². The number of nitrogens with one attached hydrogen (secondary N) is 1. The molecule has 1 atom stereocenters. The van der Waals surface area contributed by atoms with Gasteiger partial charge in [-0.25, -0.2) is 0 Å². The van der Waals surface area contributed by atoms with Gasteiger partial charge in [-0.2, -0.15) is 0 Å². The van der Waals surface area contributed by atoms with Gasteiger partial charge in [-0.3, -0.25) is 4.79 Å². The van der Waals surface area contributed by atoms with Crippen LogP contribution < -0.4 is 5.32 Å². The summed E-state index contributed by atoms with van der Waals surface area (Å²) in [5.74, 6) is 1.19. The van der Waals surface area contributed by atoms with Crippen LogP contribution in [0.15, 0.2) is 47.6 Å². The molecule has 146 valence electrons. The summed E-state index contributed by atoms with van der Waals surface area (Å²) < 4.78 is 1.88. The highest BCUT2D eigenvalue weighted by Gasteiger charge is 2.18. The quantitative estimate of drug-likeness (QED) is 0.540. The lowest BCUT2D eigenvalue weighted by molar-refractivity contribution is 0.0937. The van der Waals surface area contributed by atoms with Gasteiger partial charge in [0.2, 0.25) is 0 Å². The monoisotopic (exact) mass is 434 g/mol. The van der Waals surface area contributed by atoms with Crippen LogP contribution in [0.3, 0.4) is 0 Å². The Labute approximate surface area is 178 Å². The molecule has 0 bridgehead atoms. The van der Waals surface area contributed by atoms with Crippen LogP contribution in [0.2, 0.25) is 10.0 Å². The lowest BCUT2D eigenvalue weighted by Crippen LogP contribution is -2.28. The molecule has 0 unspecified atom stereocenters. The molecule has 28 heavy (non-hydrogen) atoms. The first-order chi connectivity index (χ1) is 13.3. The van der Waals surface area contributed by atoms with Crippen LogP contribution in [-0.4, -0.2) is 20.7 Å². The van der Waals surface area contributed by atoms with Gasteiger partial charge in [0.25, 0.3) is 5.91 Å². The molecule has 3 rings (SSSR count). The van der Waals surface area contributed by atoms with Crippen LogP contribution in [-0.2, 0) is 12.8 Å². The zero-order valence-electron chi connectivity index (χ0n) is 15.7. The number of halogens is 2. The smallest absolute Gasteiger partial charge is 0.251 e. The molecule has 1 amide bonds. The van der Waals surface area contributed by atoms with E-state index in [1.807, 2.05) is 55.8 Å². The van der Waals surface area contributed by atoms with Gasteiger partial charge in [0, 0.05) is 28.4 Å². The summed E-state index contributed by atoms with van der Waals surface area (Å²) in [6.45, 7) is 3.85. The van der Waals surface area contributed by atoms with Gasteiger partial charge >= 0.3 is 0 Å². The minimum Gasteiger partial charge on any atom is -0.342 e. The van der Waals surface area contributed by atoms with E-state index in [0.717, 1.165) is 16.3 Å². The standard InChI is InChI=1S/C20H20Cl2N4OS/c1-12-5-4-6-14(9-12)19(27)23-13(2)18-24-25-20(26(18)3)28-11-15-7-8-16(21)10-17(15)22/h4-10,13H,11H2,1-3H3,(H,23,27)/t13-/m1/s1. The third-order valence-electron chi connectivity index (χ3n) is 4.26. The number of aromatic nitrogens is 3. The van der Waals surface area contributed by atoms with Gasteiger partial charge in [0.1, 0.15) is 0 Å². The Morgan fingerprint density at radius 1 is 1.21 bits per heavy atom. The summed E-state index contributed by atoms with van der Waals surface area (Å²) in [6.07, 6.45) is 0. The van der Waals surface area contributed by atoms with Crippen molar-refractivity contribution in [2.45, 2.75) is 30.8 Å². The van der Waals surface area contributed by atoms with E-state index < -0.39 is 0 Å². The Bertz CT molecular complexity index is 1010. The average Bonchev–Trinajstić information content (AvgIpc) is 3.01. The molecule has 8 heteroatoms. The van der Waals surface area contributed by atoms with Gasteiger partial charge in [0.05, 0.1) is 6.04 Å². The lowest BCUT2D eigenvalue weighted by atomic mass is 10.1. The Hall–Kier alpha value is -2.02. The van der Waals surface area contributed by atoms with Crippen LogP contribution in [0.4, 0.5) is 0 Å². The lowest BCUT2D eigenvalue weighted by Gasteiger charge is -2.14. The molecule has 0 fully saturated rings. The number of aryl methyl sites for hydroxylation is 1. The second kappa shape index (κ2) is 8.99. The maximum atomic E-state index is 12.5. The molecule has 0 radical (unpaired) electrons. The molecule has 5 nitrogen and oxygen atoms in total. The molecule has 1 heterocycles. The zero-order valence-corrected chi connectivity index (χ0v) is 18.1. The molecule has 0 spiro atoms. The molecular weight excluding hydrogens is 415 g/mol. The number of nitrogens with zero attached hydrogens (tertiary/aromatic N) is 3. The molecule has 0 saturated carbocycles. The maximum absolute atomic E-state index is 12.5. The largest absolute Gasteiger partial charge is 0.342 e. The van der Waals surface area contributed by atoms with Crippen molar-refractivity contribution in [1.29, 1.82) is 0 Å². The predicted molar refractivity (Wildman–Crippen MR) is 114 cm³/mol. The van der Waals surface area contributed by atoms with Crippen LogP contribution in [0.25, 0.3) is 0 Å². The van der Waals surface area contributed by atoms with Crippen LogP contribution in [0.1, 0.15) is 40.3 Å². The molecule has 0 aliphatic rings. The fraction of sp³-hybridized carbons (Fsp3) is 0.250. The molecular formula is C20H20Cl2N4OS. The molecule has 2 aromatic carbocycles. The van der Waals surface area contributed by atoms with E-state index in [1.165, 1.54) is 11.8 Å².